The maximum atomic E-state index is 9.52. The number of phenols is 1. The molecule has 2 heterocycles. The van der Waals surface area contributed by atoms with Gasteiger partial charge in [-0.2, -0.15) is 4.98 Å². The van der Waals surface area contributed by atoms with Crippen LogP contribution in [-0.2, 0) is 6.54 Å². The number of nitrogens with one attached hydrogen (secondary N) is 2. The Labute approximate surface area is 185 Å². The fraction of sp³-hybridized carbons (Fsp3) is 0.0800. The van der Waals surface area contributed by atoms with Gasteiger partial charge in [0.1, 0.15) is 17.4 Å². The van der Waals surface area contributed by atoms with Gasteiger partial charge in [0, 0.05) is 23.3 Å². The highest BCUT2D eigenvalue weighted by atomic mass is 16.3. The molecule has 0 bridgehead atoms. The van der Waals surface area contributed by atoms with Crippen molar-refractivity contribution in [1.29, 1.82) is 0 Å². The summed E-state index contributed by atoms with van der Waals surface area (Å²) in [5, 5.41) is 17.1. The van der Waals surface area contributed by atoms with E-state index in [1.165, 1.54) is 0 Å². The molecular formula is C25H22N6O. The Morgan fingerprint density at radius 1 is 0.906 bits per heavy atom. The van der Waals surface area contributed by atoms with Crippen LogP contribution in [0, 0.1) is 6.92 Å². The predicted octanol–water partition coefficient (Wildman–Crippen LogP) is 5.67. The maximum absolute atomic E-state index is 9.52. The van der Waals surface area contributed by atoms with Crippen molar-refractivity contribution in [2.24, 2.45) is 0 Å². The molecule has 3 aromatic carbocycles. The zero-order chi connectivity index (χ0) is 22.1. The van der Waals surface area contributed by atoms with Gasteiger partial charge in [-0.3, -0.25) is 0 Å². The third kappa shape index (κ3) is 3.72. The van der Waals surface area contributed by atoms with Crippen molar-refractivity contribution in [3.8, 4) is 5.75 Å². The first-order valence-electron chi connectivity index (χ1n) is 10.3. The Kier molecular flexibility index (Phi) is 4.91. The third-order valence-electron chi connectivity index (χ3n) is 5.24. The summed E-state index contributed by atoms with van der Waals surface area (Å²) in [5.41, 5.74) is 4.49. The van der Waals surface area contributed by atoms with Crippen LogP contribution in [0.4, 0.5) is 23.1 Å². The molecule has 2 aromatic heterocycles. The lowest BCUT2D eigenvalue weighted by molar-refractivity contribution is 0.475. The number of anilines is 4. The van der Waals surface area contributed by atoms with Crippen LogP contribution in [0.2, 0.25) is 0 Å². The number of allylic oxidation sites excluding steroid dienone is 1. The predicted molar refractivity (Wildman–Crippen MR) is 129 cm³/mol. The summed E-state index contributed by atoms with van der Waals surface area (Å²) in [7, 11) is 0. The minimum atomic E-state index is 0.207. The molecule has 0 saturated carbocycles. The van der Waals surface area contributed by atoms with Crippen LogP contribution in [-0.4, -0.2) is 24.6 Å². The van der Waals surface area contributed by atoms with Gasteiger partial charge in [0.15, 0.2) is 0 Å². The van der Waals surface area contributed by atoms with E-state index in [0.29, 0.717) is 18.3 Å². The van der Waals surface area contributed by atoms with E-state index in [2.05, 4.69) is 37.8 Å². The van der Waals surface area contributed by atoms with Gasteiger partial charge in [-0.25, -0.2) is 9.97 Å². The first-order valence-corrected chi connectivity index (χ1v) is 10.3. The highest BCUT2D eigenvalue weighted by molar-refractivity contribution is 5.93. The first kappa shape index (κ1) is 19.6. The van der Waals surface area contributed by atoms with E-state index in [1.54, 1.807) is 24.3 Å². The van der Waals surface area contributed by atoms with Gasteiger partial charge < -0.3 is 20.3 Å². The Balaban J connectivity index is 1.55. The second-order valence-corrected chi connectivity index (χ2v) is 7.47. The lowest BCUT2D eigenvalue weighted by Gasteiger charge is -2.12. The lowest BCUT2D eigenvalue weighted by Crippen LogP contribution is -2.02. The highest BCUT2D eigenvalue weighted by Gasteiger charge is 2.11. The van der Waals surface area contributed by atoms with Gasteiger partial charge >= 0.3 is 0 Å². The van der Waals surface area contributed by atoms with Gasteiger partial charge in [0.05, 0.1) is 16.6 Å². The Morgan fingerprint density at radius 3 is 2.50 bits per heavy atom. The number of para-hydroxylation sites is 1. The summed E-state index contributed by atoms with van der Waals surface area (Å²) in [6, 6.07) is 20.7. The quantitative estimate of drug-likeness (QED) is 0.241. The summed E-state index contributed by atoms with van der Waals surface area (Å²) in [4.78, 5) is 14.0. The molecule has 32 heavy (non-hydrogen) atoms. The van der Waals surface area contributed by atoms with Crippen molar-refractivity contribution in [3.63, 3.8) is 0 Å². The van der Waals surface area contributed by atoms with Crippen molar-refractivity contribution in [1.82, 2.24) is 19.5 Å². The van der Waals surface area contributed by atoms with E-state index in [9.17, 15) is 5.11 Å². The molecule has 0 spiro atoms. The summed E-state index contributed by atoms with van der Waals surface area (Å²) in [6.45, 7) is 6.55. The normalized spacial score (nSPS) is 11.0. The van der Waals surface area contributed by atoms with E-state index < -0.39 is 0 Å². The van der Waals surface area contributed by atoms with Crippen LogP contribution in [0.1, 0.15) is 5.82 Å². The average Bonchev–Trinajstić information content (AvgIpc) is 3.10. The van der Waals surface area contributed by atoms with Gasteiger partial charge in [-0.05, 0) is 61.5 Å². The Bertz CT molecular complexity index is 1440. The average molecular weight is 422 g/mol. The van der Waals surface area contributed by atoms with Crippen LogP contribution in [0.25, 0.3) is 21.9 Å². The number of phenolic OH excluding ortho intramolecular Hbond substituents is 1. The van der Waals surface area contributed by atoms with Crippen LogP contribution in [0.3, 0.4) is 0 Å². The maximum Gasteiger partial charge on any atom is 0.229 e. The summed E-state index contributed by atoms with van der Waals surface area (Å²) in [6.07, 6.45) is 1.87. The molecule has 0 aliphatic rings. The Hall–Kier alpha value is -4.39. The zero-order valence-electron chi connectivity index (χ0n) is 17.6. The number of aryl methyl sites for hydroxylation is 1. The number of hydrogen-bond donors (Lipinski definition) is 3. The molecule has 0 amide bonds. The van der Waals surface area contributed by atoms with Crippen molar-refractivity contribution >= 4 is 45.1 Å². The molecule has 158 valence electrons. The molecule has 0 radical (unpaired) electrons. The Morgan fingerprint density at radius 2 is 1.69 bits per heavy atom. The van der Waals surface area contributed by atoms with Crippen molar-refractivity contribution in [2.45, 2.75) is 13.5 Å². The highest BCUT2D eigenvalue weighted by Crippen LogP contribution is 2.28. The smallest absolute Gasteiger partial charge is 0.229 e. The molecule has 0 fully saturated rings. The molecular weight excluding hydrogens is 400 g/mol. The van der Waals surface area contributed by atoms with E-state index in [-0.39, 0.29) is 5.75 Å². The molecule has 0 aliphatic heterocycles. The second-order valence-electron chi connectivity index (χ2n) is 7.47. The number of aromatic nitrogens is 4. The molecule has 7 heteroatoms. The summed E-state index contributed by atoms with van der Waals surface area (Å²) >= 11 is 0. The van der Waals surface area contributed by atoms with Crippen LogP contribution >= 0.6 is 0 Å². The summed E-state index contributed by atoms with van der Waals surface area (Å²) < 4.78 is 2.13. The molecule has 0 atom stereocenters. The topological polar surface area (TPSA) is 87.9 Å². The van der Waals surface area contributed by atoms with E-state index in [0.717, 1.165) is 39.1 Å². The fourth-order valence-corrected chi connectivity index (χ4v) is 3.72. The van der Waals surface area contributed by atoms with E-state index >= 15 is 0 Å². The zero-order valence-corrected chi connectivity index (χ0v) is 17.6. The monoisotopic (exact) mass is 422 g/mol. The fourth-order valence-electron chi connectivity index (χ4n) is 3.72. The number of hydrogen-bond acceptors (Lipinski definition) is 6. The van der Waals surface area contributed by atoms with E-state index in [1.807, 2.05) is 49.4 Å². The summed E-state index contributed by atoms with van der Waals surface area (Å²) in [5.74, 6) is 2.32. The second kappa shape index (κ2) is 8.03. The molecule has 0 unspecified atom stereocenters. The molecule has 5 rings (SSSR count). The van der Waals surface area contributed by atoms with Crippen LogP contribution < -0.4 is 10.6 Å². The number of fused-ring (bicyclic) bond motifs is 2. The van der Waals surface area contributed by atoms with Crippen LogP contribution in [0.15, 0.2) is 79.4 Å². The lowest BCUT2D eigenvalue weighted by atomic mass is 10.2. The van der Waals surface area contributed by atoms with Crippen molar-refractivity contribution in [2.75, 3.05) is 10.6 Å². The third-order valence-corrected chi connectivity index (χ3v) is 5.24. The van der Waals surface area contributed by atoms with Crippen molar-refractivity contribution < 1.29 is 5.11 Å². The van der Waals surface area contributed by atoms with Gasteiger partial charge in [0.2, 0.25) is 5.95 Å². The van der Waals surface area contributed by atoms with Gasteiger partial charge in [-0.1, -0.05) is 18.2 Å². The molecule has 7 nitrogen and oxygen atoms in total. The van der Waals surface area contributed by atoms with Gasteiger partial charge in [0.25, 0.3) is 0 Å². The van der Waals surface area contributed by atoms with E-state index in [4.69, 9.17) is 4.98 Å². The van der Waals surface area contributed by atoms with Gasteiger partial charge in [-0.15, -0.1) is 6.58 Å². The number of aromatic hydroxyl groups is 1. The first-order chi connectivity index (χ1) is 15.6. The molecule has 0 aliphatic carbocycles. The number of imidazole rings is 1. The van der Waals surface area contributed by atoms with Crippen LogP contribution in [0.5, 0.6) is 5.75 Å². The van der Waals surface area contributed by atoms with Crippen molar-refractivity contribution in [3.05, 3.63) is 85.2 Å². The molecule has 3 N–H and O–H groups in total. The number of rotatable bonds is 6. The SMILES string of the molecule is C=CCn1c(C)nc2ccc(Nc3nc(Nc4ccc(O)cc4)nc4ccccc34)cc21. The number of nitrogens with zero attached hydrogens (tertiary/aromatic N) is 4. The molecule has 5 aromatic rings. The minimum Gasteiger partial charge on any atom is -0.508 e. The standard InChI is InChI=1S/C25H22N6O/c1-3-14-31-16(2)26-22-13-10-18(15-23(22)31)27-24-20-6-4-5-7-21(20)29-25(30-24)28-17-8-11-19(32)12-9-17/h3-13,15,32H,1,14H2,2H3,(H2,27,28,29,30). The largest absolute Gasteiger partial charge is 0.508 e. The minimum absolute atomic E-state index is 0.207. The molecule has 0 saturated heterocycles. The number of benzene rings is 3.